The van der Waals surface area contributed by atoms with Gasteiger partial charge >= 0.3 is 5.97 Å². The van der Waals surface area contributed by atoms with Crippen molar-refractivity contribution in [3.63, 3.8) is 0 Å². The first-order valence-electron chi connectivity index (χ1n) is 5.87. The minimum Gasteiger partial charge on any atom is -0.427 e. The molecule has 0 aliphatic heterocycles. The van der Waals surface area contributed by atoms with E-state index in [0.29, 0.717) is 0 Å². The maximum atomic E-state index is 10.9. The van der Waals surface area contributed by atoms with Crippen LogP contribution in [0.4, 0.5) is 0 Å². The van der Waals surface area contributed by atoms with Crippen LogP contribution in [0.15, 0.2) is 17.0 Å². The summed E-state index contributed by atoms with van der Waals surface area (Å²) in [4.78, 5) is 10.0. The molecule has 0 heterocycles. The standard InChI is InChI=1S/C8H6Cl2O5S.2C2H6/c1-4(11)15-5-2-6(9)8(7(10)3-5)16(12,13)14;2*1-2/h2-3H,1H3,(H,12,13,14);2*1-2H3. The largest absolute Gasteiger partial charge is 0.427 e. The van der Waals surface area contributed by atoms with Gasteiger partial charge in [0.1, 0.15) is 10.6 Å². The van der Waals surface area contributed by atoms with E-state index in [2.05, 4.69) is 4.74 Å². The number of carbonyl (C=O) groups is 1. The molecule has 0 spiro atoms. The number of ether oxygens (including phenoxy) is 1. The van der Waals surface area contributed by atoms with Crippen LogP contribution >= 0.6 is 23.2 Å². The summed E-state index contributed by atoms with van der Waals surface area (Å²) < 4.78 is 35.3. The first-order valence-corrected chi connectivity index (χ1v) is 8.06. The van der Waals surface area contributed by atoms with Crippen molar-refractivity contribution in [2.24, 2.45) is 0 Å². The van der Waals surface area contributed by atoms with Gasteiger partial charge in [0.25, 0.3) is 10.1 Å². The van der Waals surface area contributed by atoms with Crippen LogP contribution in [-0.4, -0.2) is 18.9 Å². The van der Waals surface area contributed by atoms with E-state index in [1.807, 2.05) is 27.7 Å². The highest BCUT2D eigenvalue weighted by molar-refractivity contribution is 7.86. The molecule has 0 saturated carbocycles. The molecule has 20 heavy (non-hydrogen) atoms. The Morgan fingerprint density at radius 2 is 1.45 bits per heavy atom. The molecule has 1 N–H and O–H groups in total. The number of hydrogen-bond acceptors (Lipinski definition) is 4. The molecule has 0 aliphatic carbocycles. The molecule has 0 radical (unpaired) electrons. The minimum atomic E-state index is -4.51. The molecule has 8 heteroatoms. The summed E-state index contributed by atoms with van der Waals surface area (Å²) in [5.41, 5.74) is 0. The molecular weight excluding hydrogens is 327 g/mol. The van der Waals surface area contributed by atoms with E-state index in [1.54, 1.807) is 0 Å². The van der Waals surface area contributed by atoms with Gasteiger partial charge in [-0.15, -0.1) is 0 Å². The summed E-state index contributed by atoms with van der Waals surface area (Å²) in [6.07, 6.45) is 0. The lowest BCUT2D eigenvalue weighted by Gasteiger charge is -2.06. The Morgan fingerprint density at radius 1 is 1.10 bits per heavy atom. The number of carbonyl (C=O) groups excluding carboxylic acids is 1. The van der Waals surface area contributed by atoms with E-state index in [-0.39, 0.29) is 15.8 Å². The van der Waals surface area contributed by atoms with Gasteiger partial charge in [-0.05, 0) is 0 Å². The van der Waals surface area contributed by atoms with Crippen LogP contribution in [0.2, 0.25) is 10.0 Å². The smallest absolute Gasteiger partial charge is 0.308 e. The molecule has 0 aromatic heterocycles. The third-order valence-corrected chi connectivity index (χ3v) is 3.27. The summed E-state index contributed by atoms with van der Waals surface area (Å²) in [6.45, 7) is 9.17. The lowest BCUT2D eigenvalue weighted by atomic mass is 10.3. The zero-order chi connectivity index (χ0) is 16.5. The van der Waals surface area contributed by atoms with Crippen LogP contribution in [0, 0.1) is 0 Å². The molecular formula is C12H18Cl2O5S. The van der Waals surface area contributed by atoms with Crippen molar-refractivity contribution < 1.29 is 22.5 Å². The molecule has 0 amide bonds. The number of esters is 1. The van der Waals surface area contributed by atoms with Crippen molar-refractivity contribution in [3.05, 3.63) is 22.2 Å². The molecule has 1 rings (SSSR count). The van der Waals surface area contributed by atoms with Crippen LogP contribution in [0.3, 0.4) is 0 Å². The average Bonchev–Trinajstić information content (AvgIpc) is 2.30. The quantitative estimate of drug-likeness (QED) is 0.493. The number of halogens is 2. The Balaban J connectivity index is 0. The van der Waals surface area contributed by atoms with E-state index in [9.17, 15) is 13.2 Å². The molecule has 0 atom stereocenters. The molecule has 1 aromatic rings. The maximum absolute atomic E-state index is 10.9. The topological polar surface area (TPSA) is 80.7 Å². The first kappa shape index (κ1) is 21.5. The van der Waals surface area contributed by atoms with Crippen molar-refractivity contribution in [2.75, 3.05) is 0 Å². The van der Waals surface area contributed by atoms with Crippen LogP contribution in [0.1, 0.15) is 34.6 Å². The lowest BCUT2D eigenvalue weighted by Crippen LogP contribution is -2.04. The molecule has 116 valence electrons. The van der Waals surface area contributed by atoms with Crippen molar-refractivity contribution in [3.8, 4) is 5.75 Å². The van der Waals surface area contributed by atoms with E-state index in [1.165, 1.54) is 6.92 Å². The Kier molecular flexibility index (Phi) is 10.7. The van der Waals surface area contributed by atoms with Gasteiger partial charge in [-0.2, -0.15) is 8.42 Å². The van der Waals surface area contributed by atoms with Crippen molar-refractivity contribution in [1.82, 2.24) is 0 Å². The predicted molar refractivity (Wildman–Crippen MR) is 80.3 cm³/mol. The van der Waals surface area contributed by atoms with Gasteiger partial charge in [-0.3, -0.25) is 9.35 Å². The molecule has 0 bridgehead atoms. The Bertz CT molecular complexity index is 518. The van der Waals surface area contributed by atoms with Crippen LogP contribution < -0.4 is 4.74 Å². The SMILES string of the molecule is CC.CC.CC(=O)Oc1cc(Cl)c(S(=O)(=O)O)c(Cl)c1. The Morgan fingerprint density at radius 3 is 1.70 bits per heavy atom. The van der Waals surface area contributed by atoms with Crippen LogP contribution in [0.5, 0.6) is 5.75 Å². The van der Waals surface area contributed by atoms with E-state index in [4.69, 9.17) is 27.8 Å². The molecule has 5 nitrogen and oxygen atoms in total. The first-order chi connectivity index (χ1) is 9.21. The van der Waals surface area contributed by atoms with Gasteiger partial charge in [0.2, 0.25) is 0 Å². The van der Waals surface area contributed by atoms with Crippen molar-refractivity contribution in [2.45, 2.75) is 39.5 Å². The summed E-state index contributed by atoms with van der Waals surface area (Å²) in [6, 6.07) is 2.13. The zero-order valence-electron chi connectivity index (χ0n) is 11.9. The second-order valence-corrected chi connectivity index (χ2v) is 4.96. The Labute approximate surface area is 129 Å². The van der Waals surface area contributed by atoms with Crippen molar-refractivity contribution >= 4 is 39.3 Å². The Hall–Kier alpha value is -0.820. The third kappa shape index (κ3) is 7.09. The van der Waals surface area contributed by atoms with Crippen LogP contribution in [-0.2, 0) is 14.9 Å². The predicted octanol–water partition coefficient (Wildman–Crippen LogP) is 4.22. The number of benzene rings is 1. The summed E-state index contributed by atoms with van der Waals surface area (Å²) >= 11 is 11.2. The molecule has 1 aromatic carbocycles. The zero-order valence-corrected chi connectivity index (χ0v) is 14.2. The number of rotatable bonds is 2. The fraction of sp³-hybridized carbons (Fsp3) is 0.417. The van der Waals surface area contributed by atoms with Crippen LogP contribution in [0.25, 0.3) is 0 Å². The fourth-order valence-electron chi connectivity index (χ4n) is 1.01. The highest BCUT2D eigenvalue weighted by atomic mass is 35.5. The highest BCUT2D eigenvalue weighted by Gasteiger charge is 2.20. The van der Waals surface area contributed by atoms with Crippen molar-refractivity contribution in [1.29, 1.82) is 0 Å². The fourth-order valence-corrected chi connectivity index (χ4v) is 2.67. The number of hydrogen-bond donors (Lipinski definition) is 1. The van der Waals surface area contributed by atoms with Gasteiger partial charge < -0.3 is 4.74 Å². The normalized spacial score (nSPS) is 9.60. The monoisotopic (exact) mass is 344 g/mol. The third-order valence-electron chi connectivity index (χ3n) is 1.49. The molecule has 0 fully saturated rings. The van der Waals surface area contributed by atoms with E-state index >= 15 is 0 Å². The van der Waals surface area contributed by atoms with Gasteiger partial charge in [-0.25, -0.2) is 0 Å². The summed E-state index contributed by atoms with van der Waals surface area (Å²) in [5.74, 6) is -0.610. The minimum absolute atomic E-state index is 0.00472. The lowest BCUT2D eigenvalue weighted by molar-refractivity contribution is -0.131. The molecule has 0 unspecified atom stereocenters. The van der Waals surface area contributed by atoms with Gasteiger partial charge in [-0.1, -0.05) is 50.9 Å². The maximum Gasteiger partial charge on any atom is 0.308 e. The van der Waals surface area contributed by atoms with Gasteiger partial charge in [0, 0.05) is 19.1 Å². The molecule has 0 saturated heterocycles. The van der Waals surface area contributed by atoms with E-state index < -0.39 is 21.0 Å². The van der Waals surface area contributed by atoms with Gasteiger partial charge in [0.15, 0.2) is 0 Å². The second kappa shape index (κ2) is 9.99. The summed E-state index contributed by atoms with van der Waals surface area (Å²) in [7, 11) is -4.51. The average molecular weight is 345 g/mol. The van der Waals surface area contributed by atoms with Gasteiger partial charge in [0.05, 0.1) is 10.0 Å². The highest BCUT2D eigenvalue weighted by Crippen LogP contribution is 2.33. The van der Waals surface area contributed by atoms with E-state index in [0.717, 1.165) is 12.1 Å². The molecule has 0 aliphatic rings. The summed E-state index contributed by atoms with van der Waals surface area (Å²) in [5, 5.41) is -0.655. The second-order valence-electron chi connectivity index (χ2n) is 2.78.